The molecule has 20 atom stereocenters. The van der Waals surface area contributed by atoms with Gasteiger partial charge >= 0.3 is 24.0 Å². The van der Waals surface area contributed by atoms with Crippen LogP contribution in [0.2, 0.25) is 0 Å². The van der Waals surface area contributed by atoms with E-state index in [-0.39, 0.29) is 78.2 Å². The Bertz CT molecular complexity index is 4590. The van der Waals surface area contributed by atoms with Crippen molar-refractivity contribution in [2.75, 3.05) is 26.4 Å². The number of aliphatic hydroxyl groups excluding tert-OH is 1. The van der Waals surface area contributed by atoms with Crippen LogP contribution < -0.4 is 5.32 Å². The molecule has 4 heterocycles. The number of alkyl halides is 3. The second-order valence-electron chi connectivity index (χ2n) is 29.7. The first-order chi connectivity index (χ1) is 59.4. The summed E-state index contributed by atoms with van der Waals surface area (Å²) in [5.74, 6) is -2.25. The molecule has 9 aromatic rings. The number of hydrogen-bond donors (Lipinski definition) is 2. The van der Waals surface area contributed by atoms with Crippen LogP contribution in [0.25, 0.3) is 0 Å². The molecule has 28 heteroatoms. The first-order valence-electron chi connectivity index (χ1n) is 40.4. The topological polar surface area (TPSA) is 276 Å². The lowest BCUT2D eigenvalue weighted by Gasteiger charge is -2.52. The maximum absolute atomic E-state index is 15.0. The Labute approximate surface area is 724 Å². The maximum Gasteiger partial charge on any atom is 0.407 e. The minimum Gasteiger partial charge on any atom is -0.456 e. The van der Waals surface area contributed by atoms with Crippen molar-refractivity contribution in [2.45, 2.75) is 200 Å². The van der Waals surface area contributed by atoms with E-state index in [1.54, 1.807) is 61.5 Å². The van der Waals surface area contributed by atoms with E-state index in [2.05, 4.69) is 5.32 Å². The van der Waals surface area contributed by atoms with Crippen molar-refractivity contribution in [3.05, 3.63) is 323 Å². The predicted molar refractivity (Wildman–Crippen MR) is 446 cm³/mol. The van der Waals surface area contributed by atoms with E-state index in [0.717, 1.165) is 33.4 Å². The first-order valence-corrected chi connectivity index (χ1v) is 41.5. The second-order valence-corrected chi connectivity index (χ2v) is 32.2. The summed E-state index contributed by atoms with van der Waals surface area (Å²) in [5, 5.41) is 16.3. The van der Waals surface area contributed by atoms with Crippen LogP contribution >= 0.6 is 34.8 Å². The number of carbonyl (C=O) groups excluding carboxylic acids is 4. The average Bonchev–Trinajstić information content (AvgIpc) is 0.758. The van der Waals surface area contributed by atoms with E-state index < -0.39 is 157 Å². The SMILES string of the molecule is CC(=O)O[C@H]1[C@H](OCc2ccccc2)[C@H](O[C@H]2[C@H](O)[C@@H](COCc3ccccc3)O[C@@H](O[C@H]3[C@@H](OCc4ccccc4)[C@@H](COCc4ccccc4)O[C@@H](O[C@H]4[C@H](OCc5ccccc5)[C@@H](OC(=O)c5ccccc5)[C@H](OCc5ccccc5)O[C@@H]4COCc4ccccc4)[C@@H]3OCc3ccccc3)[C@@H]2NC(=O)OCC(Cl)(Cl)Cl)O[C@@H](C)[C@H]1OC(C)=O. The zero-order valence-corrected chi connectivity index (χ0v) is 69.8. The number of hydrogen-bond acceptors (Lipinski definition) is 24. The molecule has 0 unspecified atom stereocenters. The molecule has 4 saturated heterocycles. The Kier molecular flexibility index (Phi) is 34.2. The van der Waals surface area contributed by atoms with Crippen molar-refractivity contribution >= 4 is 58.8 Å². The molecule has 122 heavy (non-hydrogen) atoms. The Morgan fingerprint density at radius 3 is 1.11 bits per heavy atom. The fraction of sp³-hybridized carbons (Fsp3) is 0.383. The highest BCUT2D eigenvalue weighted by atomic mass is 35.6. The van der Waals surface area contributed by atoms with Gasteiger partial charge in [-0.15, -0.1) is 0 Å². The van der Waals surface area contributed by atoms with E-state index in [9.17, 15) is 14.7 Å². The number of carbonyl (C=O) groups is 4. The number of rotatable bonds is 39. The zero-order valence-electron chi connectivity index (χ0n) is 67.5. The largest absolute Gasteiger partial charge is 0.456 e. The molecule has 0 spiro atoms. The number of nitrogens with one attached hydrogen (secondary N) is 1. The van der Waals surface area contributed by atoms with Crippen LogP contribution in [-0.2, 0) is 152 Å². The van der Waals surface area contributed by atoms with Gasteiger partial charge in [0.05, 0.1) is 84.3 Å². The summed E-state index contributed by atoms with van der Waals surface area (Å²) >= 11 is 18.9. The van der Waals surface area contributed by atoms with Gasteiger partial charge in [0, 0.05) is 13.8 Å². The van der Waals surface area contributed by atoms with Gasteiger partial charge in [0.25, 0.3) is 0 Å². The van der Waals surface area contributed by atoms with Gasteiger partial charge in [-0.2, -0.15) is 0 Å². The zero-order chi connectivity index (χ0) is 85.0. The van der Waals surface area contributed by atoms with Gasteiger partial charge in [-0.05, 0) is 63.6 Å². The molecule has 0 bridgehead atoms. The lowest BCUT2D eigenvalue weighted by molar-refractivity contribution is -0.391. The van der Waals surface area contributed by atoms with Crippen LogP contribution in [0, 0.1) is 0 Å². The van der Waals surface area contributed by atoms with E-state index >= 15 is 9.59 Å². The molecule has 1 amide bonds. The molecule has 4 fully saturated rings. The highest BCUT2D eigenvalue weighted by molar-refractivity contribution is 6.67. The van der Waals surface area contributed by atoms with Crippen LogP contribution in [-0.4, -0.2) is 182 Å². The molecule has 13 rings (SSSR count). The van der Waals surface area contributed by atoms with Gasteiger partial charge in [0.1, 0.15) is 79.8 Å². The van der Waals surface area contributed by atoms with Gasteiger partial charge < -0.3 is 100 Å². The van der Waals surface area contributed by atoms with Crippen LogP contribution in [0.4, 0.5) is 4.79 Å². The molecule has 4 aliphatic heterocycles. The third-order valence-corrected chi connectivity index (χ3v) is 20.9. The number of halogens is 3. The predicted octanol–water partition coefficient (Wildman–Crippen LogP) is 14.2. The third kappa shape index (κ3) is 26.7. The normalized spacial score (nSPS) is 26.6. The minimum atomic E-state index is -2.16. The molecule has 0 saturated carbocycles. The molecule has 0 radical (unpaired) electrons. The van der Waals surface area contributed by atoms with Crippen LogP contribution in [0.3, 0.4) is 0 Å². The summed E-state index contributed by atoms with van der Waals surface area (Å²) in [6.45, 7) is 2.00. The number of benzene rings is 9. The van der Waals surface area contributed by atoms with E-state index in [1.165, 1.54) is 13.8 Å². The number of ether oxygens (including phenoxy) is 19. The quantitative estimate of drug-likeness (QED) is 0.0206. The lowest BCUT2D eigenvalue weighted by Crippen LogP contribution is -2.71. The van der Waals surface area contributed by atoms with Crippen molar-refractivity contribution in [3.8, 4) is 0 Å². The van der Waals surface area contributed by atoms with E-state index in [4.69, 9.17) is 125 Å². The Balaban J connectivity index is 0.982. The Morgan fingerprint density at radius 1 is 0.344 bits per heavy atom. The van der Waals surface area contributed by atoms with Crippen molar-refractivity contribution in [1.29, 1.82) is 0 Å². The van der Waals surface area contributed by atoms with Crippen molar-refractivity contribution in [3.63, 3.8) is 0 Å². The number of aliphatic hydroxyl groups is 1. The van der Waals surface area contributed by atoms with Gasteiger partial charge in [-0.25, -0.2) is 9.59 Å². The summed E-state index contributed by atoms with van der Waals surface area (Å²) in [6.07, 6.45) is -29.4. The molecule has 25 nitrogen and oxygen atoms in total. The monoisotopic (exact) mass is 1730 g/mol. The van der Waals surface area contributed by atoms with Crippen molar-refractivity contribution in [1.82, 2.24) is 5.32 Å². The van der Waals surface area contributed by atoms with E-state index in [0.29, 0.717) is 11.1 Å². The summed E-state index contributed by atoms with van der Waals surface area (Å²) in [4.78, 5) is 56.5. The van der Waals surface area contributed by atoms with Gasteiger partial charge in [-0.1, -0.05) is 296 Å². The average molecular weight is 1730 g/mol. The molecule has 9 aromatic carbocycles. The van der Waals surface area contributed by atoms with Crippen LogP contribution in [0.15, 0.2) is 273 Å². The van der Waals surface area contributed by atoms with Crippen molar-refractivity contribution in [2.24, 2.45) is 0 Å². The van der Waals surface area contributed by atoms with Gasteiger partial charge in [0.2, 0.25) is 3.79 Å². The number of alkyl carbamates (subject to hydrolysis) is 1. The Hall–Kier alpha value is -9.11. The van der Waals surface area contributed by atoms with Gasteiger partial charge in [0.15, 0.2) is 43.5 Å². The molecular formula is C94H100Cl3NO24. The number of amides is 1. The van der Waals surface area contributed by atoms with Crippen LogP contribution in [0.1, 0.15) is 75.6 Å². The summed E-state index contributed by atoms with van der Waals surface area (Å²) in [5.41, 5.74) is 6.21. The second kappa shape index (κ2) is 46.0. The molecule has 0 aliphatic carbocycles. The summed E-state index contributed by atoms with van der Waals surface area (Å²) in [7, 11) is 0. The van der Waals surface area contributed by atoms with Crippen LogP contribution in [0.5, 0.6) is 0 Å². The standard InChI is InChI=1S/C94H100Cl3NO24/c1-61-78(114-62(2)99)83(115-63(3)100)85(109-54-69-41-23-9-24-42-69)91(113-61)121-81-76(98-93(103)112-60-94(95,96)97)89(116-73(77(81)101)57-104-49-64-31-13-4-14-32-64)122-84-79(107-52-67-37-19-7-20-38-67)74(58-105-50-65-33-15-5-16-34-65)118-92(86(84)110-55-70-43-25-10-26-44-70)120-80-75(59-106-51-66-35-17-6-18-36-66)117-90(111-56-71-45-27-11-28-46-71)87(119-88(102)72-47-29-12-30-48-72)82(80)108-53-68-39-21-8-22-40-68/h4-48,61,73-87,89-92,101H,49-60H2,1-3H3,(H,98,103)/t61-,73+,74+,75+,76+,77+,78+,79-,80+,81+,82-,83+,84-,85-,86+,87+,89-,90+,91-,92-/m0/s1. The summed E-state index contributed by atoms with van der Waals surface area (Å²) in [6, 6.07) is 81.6. The fourth-order valence-corrected chi connectivity index (χ4v) is 14.8. The molecular weight excluding hydrogens is 1630 g/mol. The summed E-state index contributed by atoms with van der Waals surface area (Å²) < 4.78 is 129. The molecule has 2 N–H and O–H groups in total. The maximum atomic E-state index is 15.0. The first kappa shape index (κ1) is 90.6. The minimum absolute atomic E-state index is 0.00956. The number of esters is 3. The van der Waals surface area contributed by atoms with Crippen molar-refractivity contribution < 1.29 is 114 Å². The lowest BCUT2D eigenvalue weighted by atomic mass is 9.94. The van der Waals surface area contributed by atoms with Gasteiger partial charge in [-0.3, -0.25) is 9.59 Å². The Morgan fingerprint density at radius 2 is 0.680 bits per heavy atom. The molecule has 646 valence electrons. The fourth-order valence-electron chi connectivity index (χ4n) is 14.7. The highest BCUT2D eigenvalue weighted by Crippen LogP contribution is 2.41. The molecule has 4 aliphatic rings. The highest BCUT2D eigenvalue weighted by Gasteiger charge is 2.60. The van der Waals surface area contributed by atoms with E-state index in [1.807, 2.05) is 218 Å². The smallest absolute Gasteiger partial charge is 0.407 e. The third-order valence-electron chi connectivity index (χ3n) is 20.5. The molecule has 0 aromatic heterocycles.